The standard InChI is InChI=1S/C29H28N2O5S/c1-21-13-16-23(17-14-21)31(37(33,34)28-19-22(2)15-18-27(28)35-3)20-29(32)30-25-11-7-8-12-26(25)36-24-9-5-4-6-10-24/h4-19H,20H2,1-3H3,(H,30,32). The average Bonchev–Trinajstić information content (AvgIpc) is 2.89. The Labute approximate surface area is 217 Å². The number of sulfonamides is 1. The van der Waals surface area contributed by atoms with Crippen LogP contribution in [0.4, 0.5) is 11.4 Å². The number of benzene rings is 4. The first-order valence-electron chi connectivity index (χ1n) is 11.6. The van der Waals surface area contributed by atoms with E-state index < -0.39 is 22.5 Å². The molecule has 0 aliphatic carbocycles. The van der Waals surface area contributed by atoms with Gasteiger partial charge in [-0.3, -0.25) is 9.10 Å². The lowest BCUT2D eigenvalue weighted by Crippen LogP contribution is -2.38. The number of anilines is 2. The zero-order chi connectivity index (χ0) is 26.4. The van der Waals surface area contributed by atoms with Gasteiger partial charge in [0.15, 0.2) is 5.75 Å². The number of nitrogens with one attached hydrogen (secondary N) is 1. The van der Waals surface area contributed by atoms with Gasteiger partial charge in [-0.25, -0.2) is 8.42 Å². The second kappa shape index (κ2) is 11.2. The van der Waals surface area contributed by atoms with E-state index in [9.17, 15) is 13.2 Å². The van der Waals surface area contributed by atoms with Crippen molar-refractivity contribution in [2.75, 3.05) is 23.3 Å². The third-order valence-electron chi connectivity index (χ3n) is 5.63. The Bertz CT molecular complexity index is 1490. The number of aryl methyl sites for hydroxylation is 2. The summed E-state index contributed by atoms with van der Waals surface area (Å²) in [4.78, 5) is 13.2. The Morgan fingerprint density at radius 3 is 2.16 bits per heavy atom. The van der Waals surface area contributed by atoms with Crippen LogP contribution in [0.15, 0.2) is 102 Å². The third-order valence-corrected chi connectivity index (χ3v) is 7.42. The molecule has 1 amide bonds. The van der Waals surface area contributed by atoms with E-state index in [-0.39, 0.29) is 10.6 Å². The molecule has 0 atom stereocenters. The minimum Gasteiger partial charge on any atom is -0.495 e. The van der Waals surface area contributed by atoms with Crippen LogP contribution < -0.4 is 19.1 Å². The number of hydrogen-bond acceptors (Lipinski definition) is 5. The molecule has 4 aromatic rings. The van der Waals surface area contributed by atoms with E-state index in [2.05, 4.69) is 5.32 Å². The van der Waals surface area contributed by atoms with Crippen LogP contribution in [0.3, 0.4) is 0 Å². The molecule has 0 saturated carbocycles. The molecule has 190 valence electrons. The number of amides is 1. The van der Waals surface area contributed by atoms with Gasteiger partial charge in [0.25, 0.3) is 10.0 Å². The summed E-state index contributed by atoms with van der Waals surface area (Å²) in [6.45, 7) is 3.25. The average molecular weight is 517 g/mol. The number of nitrogens with zero attached hydrogens (tertiary/aromatic N) is 1. The highest BCUT2D eigenvalue weighted by Gasteiger charge is 2.30. The summed E-state index contributed by atoms with van der Waals surface area (Å²) in [5.74, 6) is 0.719. The van der Waals surface area contributed by atoms with E-state index in [1.165, 1.54) is 13.2 Å². The fourth-order valence-electron chi connectivity index (χ4n) is 3.72. The molecule has 7 nitrogen and oxygen atoms in total. The van der Waals surface area contributed by atoms with Crippen molar-refractivity contribution in [3.05, 3.63) is 108 Å². The Balaban J connectivity index is 1.66. The molecule has 0 unspecified atom stereocenters. The van der Waals surface area contributed by atoms with Gasteiger partial charge in [0.1, 0.15) is 22.9 Å². The number of para-hydroxylation sites is 3. The van der Waals surface area contributed by atoms with Crippen molar-refractivity contribution in [3.8, 4) is 17.2 Å². The van der Waals surface area contributed by atoms with E-state index in [0.29, 0.717) is 22.9 Å². The quantitative estimate of drug-likeness (QED) is 0.298. The van der Waals surface area contributed by atoms with Crippen LogP contribution in [-0.4, -0.2) is 28.0 Å². The van der Waals surface area contributed by atoms with Gasteiger partial charge >= 0.3 is 0 Å². The van der Waals surface area contributed by atoms with Crippen molar-refractivity contribution in [2.45, 2.75) is 18.7 Å². The second-order valence-electron chi connectivity index (χ2n) is 8.46. The first kappa shape index (κ1) is 25.8. The van der Waals surface area contributed by atoms with Crippen LogP contribution >= 0.6 is 0 Å². The Kier molecular flexibility index (Phi) is 7.79. The summed E-state index contributed by atoms with van der Waals surface area (Å²) in [6.07, 6.45) is 0. The van der Waals surface area contributed by atoms with Crippen molar-refractivity contribution >= 4 is 27.3 Å². The molecular formula is C29H28N2O5S. The van der Waals surface area contributed by atoms with Gasteiger partial charge in [0, 0.05) is 0 Å². The van der Waals surface area contributed by atoms with Gasteiger partial charge in [-0.15, -0.1) is 0 Å². The van der Waals surface area contributed by atoms with Crippen LogP contribution in [0.2, 0.25) is 0 Å². The van der Waals surface area contributed by atoms with Crippen LogP contribution in [0.5, 0.6) is 17.2 Å². The number of carbonyl (C=O) groups is 1. The zero-order valence-corrected chi connectivity index (χ0v) is 21.7. The lowest BCUT2D eigenvalue weighted by molar-refractivity contribution is -0.114. The highest BCUT2D eigenvalue weighted by molar-refractivity contribution is 7.93. The molecule has 0 aromatic heterocycles. The van der Waals surface area contributed by atoms with Crippen LogP contribution in [0.1, 0.15) is 11.1 Å². The monoisotopic (exact) mass is 516 g/mol. The third kappa shape index (κ3) is 6.10. The van der Waals surface area contributed by atoms with E-state index in [0.717, 1.165) is 15.4 Å². The summed E-state index contributed by atoms with van der Waals surface area (Å²) in [7, 11) is -2.75. The number of rotatable bonds is 9. The van der Waals surface area contributed by atoms with Crippen molar-refractivity contribution in [3.63, 3.8) is 0 Å². The molecule has 4 aromatic carbocycles. The molecule has 0 heterocycles. The van der Waals surface area contributed by atoms with Crippen LogP contribution in [0, 0.1) is 13.8 Å². The Hall–Kier alpha value is -4.30. The first-order valence-corrected chi connectivity index (χ1v) is 13.1. The number of carbonyl (C=O) groups excluding carboxylic acids is 1. The molecule has 1 N–H and O–H groups in total. The Morgan fingerprint density at radius 1 is 0.811 bits per heavy atom. The van der Waals surface area contributed by atoms with Gasteiger partial charge < -0.3 is 14.8 Å². The maximum absolute atomic E-state index is 13.9. The van der Waals surface area contributed by atoms with Crippen molar-refractivity contribution < 1.29 is 22.7 Å². The molecule has 0 aliphatic heterocycles. The van der Waals surface area contributed by atoms with Crippen molar-refractivity contribution in [2.24, 2.45) is 0 Å². The lowest BCUT2D eigenvalue weighted by atomic mass is 10.2. The van der Waals surface area contributed by atoms with E-state index >= 15 is 0 Å². The van der Waals surface area contributed by atoms with E-state index in [1.807, 2.05) is 25.1 Å². The van der Waals surface area contributed by atoms with E-state index in [4.69, 9.17) is 9.47 Å². The first-order chi connectivity index (χ1) is 17.8. The lowest BCUT2D eigenvalue weighted by Gasteiger charge is -2.25. The molecule has 8 heteroatoms. The number of methoxy groups -OCH3 is 1. The minimum absolute atomic E-state index is 0.0174. The van der Waals surface area contributed by atoms with Gasteiger partial charge in [-0.2, -0.15) is 0 Å². The summed E-state index contributed by atoms with van der Waals surface area (Å²) in [5, 5.41) is 2.80. The van der Waals surface area contributed by atoms with Crippen LogP contribution in [-0.2, 0) is 14.8 Å². The Morgan fingerprint density at radius 2 is 1.46 bits per heavy atom. The molecule has 0 aliphatic rings. The molecule has 0 bridgehead atoms. The molecule has 0 radical (unpaired) electrons. The zero-order valence-electron chi connectivity index (χ0n) is 20.8. The van der Waals surface area contributed by atoms with Gasteiger partial charge in [0.2, 0.25) is 5.91 Å². The van der Waals surface area contributed by atoms with Crippen molar-refractivity contribution in [1.29, 1.82) is 0 Å². The number of ether oxygens (including phenoxy) is 2. The summed E-state index contributed by atoms with van der Waals surface area (Å²) in [5.41, 5.74) is 2.49. The molecule has 4 rings (SSSR count). The fourth-order valence-corrected chi connectivity index (χ4v) is 5.39. The van der Waals surface area contributed by atoms with Gasteiger partial charge in [-0.1, -0.05) is 54.1 Å². The summed E-state index contributed by atoms with van der Waals surface area (Å²) in [6, 6.07) is 28.0. The predicted octanol–water partition coefficient (Wildman–Crippen LogP) is 5.94. The van der Waals surface area contributed by atoms with Gasteiger partial charge in [0.05, 0.1) is 18.5 Å². The minimum atomic E-state index is -4.16. The van der Waals surface area contributed by atoms with Crippen molar-refractivity contribution in [1.82, 2.24) is 0 Å². The smallest absolute Gasteiger partial charge is 0.268 e. The normalized spacial score (nSPS) is 11.0. The number of hydrogen-bond donors (Lipinski definition) is 1. The summed E-state index contributed by atoms with van der Waals surface area (Å²) >= 11 is 0. The molecule has 0 saturated heterocycles. The highest BCUT2D eigenvalue weighted by Crippen LogP contribution is 2.32. The SMILES string of the molecule is COc1ccc(C)cc1S(=O)(=O)N(CC(=O)Nc1ccccc1Oc1ccccc1)c1ccc(C)cc1. The maximum Gasteiger partial charge on any atom is 0.268 e. The maximum atomic E-state index is 13.9. The second-order valence-corrected chi connectivity index (χ2v) is 10.3. The largest absolute Gasteiger partial charge is 0.495 e. The van der Waals surface area contributed by atoms with Crippen LogP contribution in [0.25, 0.3) is 0 Å². The predicted molar refractivity (Wildman–Crippen MR) is 145 cm³/mol. The molecule has 37 heavy (non-hydrogen) atoms. The molecular weight excluding hydrogens is 488 g/mol. The fraction of sp³-hybridized carbons (Fsp3) is 0.138. The van der Waals surface area contributed by atoms with E-state index in [1.54, 1.807) is 79.7 Å². The highest BCUT2D eigenvalue weighted by atomic mass is 32.2. The topological polar surface area (TPSA) is 84.9 Å². The molecule has 0 spiro atoms. The summed E-state index contributed by atoms with van der Waals surface area (Å²) < 4.78 is 40.1. The van der Waals surface area contributed by atoms with Gasteiger partial charge in [-0.05, 0) is 67.9 Å². The molecule has 0 fully saturated rings.